The van der Waals surface area contributed by atoms with Gasteiger partial charge < -0.3 is 16.0 Å². The Bertz CT molecular complexity index is 1800. The second-order valence-corrected chi connectivity index (χ2v) is 11.7. The summed E-state index contributed by atoms with van der Waals surface area (Å²) in [5.41, 5.74) is 2.48. The summed E-state index contributed by atoms with van der Waals surface area (Å²) in [6, 6.07) is 35.4. The predicted octanol–water partition coefficient (Wildman–Crippen LogP) is 8.27. The van der Waals surface area contributed by atoms with Gasteiger partial charge in [-0.1, -0.05) is 83.9 Å². The molecule has 0 aliphatic rings. The molecule has 0 radical (unpaired) electrons. The number of halogens is 2. The van der Waals surface area contributed by atoms with Crippen LogP contribution in [-0.2, 0) is 9.59 Å². The normalized spacial score (nSPS) is 11.7. The van der Waals surface area contributed by atoms with E-state index >= 15 is 0 Å². The number of anilines is 2. The van der Waals surface area contributed by atoms with Crippen LogP contribution in [0.4, 0.5) is 11.5 Å². The van der Waals surface area contributed by atoms with Crippen molar-refractivity contribution in [3.63, 3.8) is 0 Å². The molecule has 1 heterocycles. The number of nitrogens with zero attached hydrogens (tertiary/aromatic N) is 1. The minimum Gasteiger partial charge on any atom is -0.321 e. The molecule has 5 aromatic rings. The fourth-order valence-electron chi connectivity index (χ4n) is 4.16. The summed E-state index contributed by atoms with van der Waals surface area (Å²) >= 11 is 13.3. The summed E-state index contributed by atoms with van der Waals surface area (Å²) in [7, 11) is 0. The fraction of sp³-hybridized carbons (Fsp3) is 0.0286. The van der Waals surface area contributed by atoms with E-state index in [-0.39, 0.29) is 11.6 Å². The van der Waals surface area contributed by atoms with Crippen molar-refractivity contribution in [2.45, 2.75) is 10.1 Å². The van der Waals surface area contributed by atoms with Crippen LogP contribution in [0.1, 0.15) is 26.7 Å². The lowest BCUT2D eigenvalue weighted by Crippen LogP contribution is -2.30. The fourth-order valence-corrected chi connectivity index (χ4v) is 5.42. The predicted molar refractivity (Wildman–Crippen MR) is 181 cm³/mol. The Morgan fingerprint density at radius 3 is 2.00 bits per heavy atom. The second-order valence-electron chi connectivity index (χ2n) is 9.67. The molecule has 0 saturated carbocycles. The van der Waals surface area contributed by atoms with Gasteiger partial charge in [-0.15, -0.1) is 11.8 Å². The third kappa shape index (κ3) is 9.06. The summed E-state index contributed by atoms with van der Waals surface area (Å²) in [5.74, 6) is -0.779. The lowest BCUT2D eigenvalue weighted by molar-refractivity contribution is -0.116. The van der Waals surface area contributed by atoms with Crippen LogP contribution in [0.15, 0.2) is 138 Å². The van der Waals surface area contributed by atoms with E-state index in [0.717, 1.165) is 10.5 Å². The van der Waals surface area contributed by atoms with Gasteiger partial charge in [-0.2, -0.15) is 0 Å². The van der Waals surface area contributed by atoms with E-state index in [0.29, 0.717) is 32.7 Å². The molecule has 10 heteroatoms. The lowest BCUT2D eigenvalue weighted by atomic mass is 10.1. The number of thioether (sulfide) groups is 1. The van der Waals surface area contributed by atoms with Crippen molar-refractivity contribution in [1.82, 2.24) is 10.3 Å². The first kappa shape index (κ1) is 31.5. The van der Waals surface area contributed by atoms with Crippen molar-refractivity contribution in [3.8, 4) is 0 Å². The van der Waals surface area contributed by atoms with E-state index in [1.807, 2.05) is 42.5 Å². The Morgan fingerprint density at radius 2 is 1.36 bits per heavy atom. The Kier molecular flexibility index (Phi) is 10.7. The van der Waals surface area contributed by atoms with Crippen LogP contribution in [0, 0.1) is 0 Å². The smallest absolute Gasteiger partial charge is 0.272 e. The summed E-state index contributed by atoms with van der Waals surface area (Å²) in [6.45, 7) is 0. The van der Waals surface area contributed by atoms with Crippen molar-refractivity contribution in [1.29, 1.82) is 0 Å². The second kappa shape index (κ2) is 15.2. The quantitative estimate of drug-likeness (QED) is 0.104. The number of amides is 3. The molecule has 224 valence electrons. The largest absolute Gasteiger partial charge is 0.321 e. The van der Waals surface area contributed by atoms with Gasteiger partial charge in [-0.05, 0) is 77.9 Å². The Labute approximate surface area is 274 Å². The molecule has 0 aliphatic heterocycles. The number of benzene rings is 4. The summed E-state index contributed by atoms with van der Waals surface area (Å²) in [6.07, 6.45) is 3.05. The average Bonchev–Trinajstić information content (AvgIpc) is 3.06. The molecule has 1 unspecified atom stereocenters. The van der Waals surface area contributed by atoms with Crippen LogP contribution in [0.2, 0.25) is 10.0 Å². The van der Waals surface area contributed by atoms with Crippen molar-refractivity contribution < 1.29 is 14.4 Å². The van der Waals surface area contributed by atoms with E-state index in [2.05, 4.69) is 20.9 Å². The van der Waals surface area contributed by atoms with E-state index < -0.39 is 17.1 Å². The van der Waals surface area contributed by atoms with E-state index in [1.165, 1.54) is 18.0 Å². The van der Waals surface area contributed by atoms with Crippen LogP contribution in [0.3, 0.4) is 0 Å². The minimum absolute atomic E-state index is 0.0567. The number of carbonyl (C=O) groups is 3. The molecule has 3 N–H and O–H groups in total. The third-order valence-corrected chi connectivity index (χ3v) is 8.14. The molecule has 0 aliphatic carbocycles. The van der Waals surface area contributed by atoms with Gasteiger partial charge in [0.2, 0.25) is 5.91 Å². The average molecular weight is 654 g/mol. The molecular formula is C35H26Cl2N4O3S. The molecule has 0 spiro atoms. The molecule has 0 saturated heterocycles. The van der Waals surface area contributed by atoms with Crippen LogP contribution >= 0.6 is 35.0 Å². The van der Waals surface area contributed by atoms with Crippen molar-refractivity contribution >= 4 is 70.3 Å². The van der Waals surface area contributed by atoms with E-state index in [1.54, 1.807) is 84.9 Å². The molecule has 5 rings (SSSR count). The zero-order valence-electron chi connectivity index (χ0n) is 23.6. The minimum atomic E-state index is -0.578. The first-order valence-electron chi connectivity index (χ1n) is 13.7. The number of hydrogen-bond donors (Lipinski definition) is 3. The molecule has 1 aromatic heterocycles. The maximum atomic E-state index is 13.4. The maximum Gasteiger partial charge on any atom is 0.272 e. The van der Waals surface area contributed by atoms with Crippen molar-refractivity contribution in [2.24, 2.45) is 0 Å². The van der Waals surface area contributed by atoms with Crippen molar-refractivity contribution in [3.05, 3.63) is 160 Å². The van der Waals surface area contributed by atoms with Crippen LogP contribution in [0.25, 0.3) is 6.08 Å². The number of carbonyl (C=O) groups excluding carboxylic acids is 3. The summed E-state index contributed by atoms with van der Waals surface area (Å²) in [4.78, 5) is 44.6. The van der Waals surface area contributed by atoms with Gasteiger partial charge in [-0.3, -0.25) is 14.4 Å². The van der Waals surface area contributed by atoms with Gasteiger partial charge in [0, 0.05) is 27.4 Å². The highest BCUT2D eigenvalue weighted by molar-refractivity contribution is 8.00. The van der Waals surface area contributed by atoms with Crippen LogP contribution < -0.4 is 16.0 Å². The highest BCUT2D eigenvalue weighted by Crippen LogP contribution is 2.36. The Balaban J connectivity index is 1.32. The molecule has 45 heavy (non-hydrogen) atoms. The molecule has 7 nitrogen and oxygen atoms in total. The molecule has 3 amide bonds. The Morgan fingerprint density at radius 1 is 0.711 bits per heavy atom. The molecule has 1 atom stereocenters. The highest BCUT2D eigenvalue weighted by atomic mass is 35.5. The van der Waals surface area contributed by atoms with Gasteiger partial charge in [0.25, 0.3) is 11.8 Å². The van der Waals surface area contributed by atoms with E-state index in [9.17, 15) is 14.4 Å². The van der Waals surface area contributed by atoms with Gasteiger partial charge in [0.1, 0.15) is 16.8 Å². The van der Waals surface area contributed by atoms with E-state index in [4.69, 9.17) is 23.2 Å². The highest BCUT2D eigenvalue weighted by Gasteiger charge is 2.23. The standard InChI is InChI=1S/C35H26Cl2N4O3S/c36-26-13-11-23(12-14-26)21-30(40-33(42)25-9-5-2-6-10-25)34(43)39-28-16-18-29(19-17-28)45-32(24-7-3-1-4-8-24)35(44)41-31-20-15-27(37)22-38-31/h1-22,32H,(H,39,43)(H,40,42)(H,38,41,44)/b30-21-. The molecular weight excluding hydrogens is 627 g/mol. The van der Waals surface area contributed by atoms with Crippen LogP contribution in [0.5, 0.6) is 0 Å². The Hall–Kier alpha value is -4.89. The first-order chi connectivity index (χ1) is 21.8. The monoisotopic (exact) mass is 652 g/mol. The molecule has 4 aromatic carbocycles. The lowest BCUT2D eigenvalue weighted by Gasteiger charge is -2.17. The SMILES string of the molecule is O=C(Nc1ccc(SC(C(=O)Nc2ccc(Cl)cn2)c2ccccc2)cc1)/C(=C/c1ccc(Cl)cc1)NC(=O)c1ccccc1. The van der Waals surface area contributed by atoms with Gasteiger partial charge in [0.05, 0.1) is 5.02 Å². The number of nitrogens with one attached hydrogen (secondary N) is 3. The van der Waals surface area contributed by atoms with Gasteiger partial charge >= 0.3 is 0 Å². The maximum absolute atomic E-state index is 13.4. The van der Waals surface area contributed by atoms with Gasteiger partial charge in [0.15, 0.2) is 0 Å². The zero-order valence-corrected chi connectivity index (χ0v) is 25.9. The number of aromatic nitrogens is 1. The molecule has 0 fully saturated rings. The number of pyridine rings is 1. The van der Waals surface area contributed by atoms with Crippen molar-refractivity contribution in [2.75, 3.05) is 10.6 Å². The third-order valence-electron chi connectivity index (χ3n) is 6.40. The van der Waals surface area contributed by atoms with Gasteiger partial charge in [-0.25, -0.2) is 4.98 Å². The zero-order chi connectivity index (χ0) is 31.6. The number of hydrogen-bond acceptors (Lipinski definition) is 5. The summed E-state index contributed by atoms with van der Waals surface area (Å²) < 4.78 is 0. The molecule has 0 bridgehead atoms. The summed E-state index contributed by atoms with van der Waals surface area (Å²) in [5, 5.41) is 8.87. The first-order valence-corrected chi connectivity index (χ1v) is 15.4. The number of rotatable bonds is 10. The topological polar surface area (TPSA) is 100 Å². The van der Waals surface area contributed by atoms with Crippen LogP contribution in [-0.4, -0.2) is 22.7 Å².